The highest BCUT2D eigenvalue weighted by Crippen LogP contribution is 2.26. The van der Waals surface area contributed by atoms with Crippen LogP contribution in [0.4, 0.5) is 5.69 Å². The van der Waals surface area contributed by atoms with E-state index in [4.69, 9.17) is 10.5 Å². The third kappa shape index (κ3) is 1.62. The zero-order valence-electron chi connectivity index (χ0n) is 6.99. The van der Waals surface area contributed by atoms with Crippen molar-refractivity contribution in [1.82, 2.24) is 0 Å². The lowest BCUT2D eigenvalue weighted by atomic mass is 10.3. The van der Waals surface area contributed by atoms with Gasteiger partial charge in [0.05, 0.1) is 12.1 Å². The highest BCUT2D eigenvalue weighted by atomic mass is 16.5. The molecule has 4 heteroatoms. The number of nitrogens with two attached hydrogens (primary N) is 1. The van der Waals surface area contributed by atoms with Crippen molar-refractivity contribution in [2.45, 2.75) is 12.6 Å². The zero-order valence-corrected chi connectivity index (χ0v) is 6.99. The minimum atomic E-state index is -0.552. The van der Waals surface area contributed by atoms with Crippen molar-refractivity contribution in [1.29, 1.82) is 0 Å². The number of nitrogens with one attached hydrogen (secondary N) is 1. The van der Waals surface area contributed by atoms with Gasteiger partial charge in [0.2, 0.25) is 5.91 Å². The smallest absolute Gasteiger partial charge is 0.229 e. The maximum Gasteiger partial charge on any atom is 0.229 e. The van der Waals surface area contributed by atoms with Gasteiger partial charge < -0.3 is 10.1 Å². The van der Waals surface area contributed by atoms with Crippen molar-refractivity contribution in [2.75, 3.05) is 5.32 Å². The molecule has 1 aromatic rings. The highest BCUT2D eigenvalue weighted by Gasteiger charge is 2.18. The van der Waals surface area contributed by atoms with Gasteiger partial charge in [-0.1, -0.05) is 12.1 Å². The molecular formula is C9H10N2O2. The first-order valence-corrected chi connectivity index (χ1v) is 4.07. The van der Waals surface area contributed by atoms with Crippen molar-refractivity contribution in [3.63, 3.8) is 0 Å². The van der Waals surface area contributed by atoms with E-state index >= 15 is 0 Å². The molecule has 1 aliphatic rings. The summed E-state index contributed by atoms with van der Waals surface area (Å²) >= 11 is 0. The fourth-order valence-corrected chi connectivity index (χ4v) is 1.26. The van der Waals surface area contributed by atoms with Gasteiger partial charge in [0.25, 0.3) is 0 Å². The Kier molecular flexibility index (Phi) is 1.90. The Morgan fingerprint density at radius 2 is 2.23 bits per heavy atom. The molecule has 1 heterocycles. The first-order valence-electron chi connectivity index (χ1n) is 4.07. The summed E-state index contributed by atoms with van der Waals surface area (Å²) in [7, 11) is 0. The molecule has 1 unspecified atom stereocenters. The van der Waals surface area contributed by atoms with Crippen molar-refractivity contribution < 1.29 is 9.53 Å². The highest BCUT2D eigenvalue weighted by molar-refractivity contribution is 5.93. The number of para-hydroxylation sites is 2. The molecule has 0 radical (unpaired) electrons. The lowest BCUT2D eigenvalue weighted by Crippen LogP contribution is -2.29. The van der Waals surface area contributed by atoms with Crippen molar-refractivity contribution in [2.24, 2.45) is 5.73 Å². The molecule has 2 rings (SSSR count). The number of fused-ring (bicyclic) bond motifs is 1. The van der Waals surface area contributed by atoms with Crippen LogP contribution in [0.3, 0.4) is 0 Å². The largest absolute Gasteiger partial charge is 0.473 e. The zero-order chi connectivity index (χ0) is 9.26. The minimum absolute atomic E-state index is 0.113. The molecule has 13 heavy (non-hydrogen) atoms. The lowest BCUT2D eigenvalue weighted by Gasteiger charge is -2.09. The van der Waals surface area contributed by atoms with Crippen LogP contribution in [0.2, 0.25) is 0 Å². The van der Waals surface area contributed by atoms with Gasteiger partial charge in [-0.3, -0.25) is 10.5 Å². The van der Waals surface area contributed by atoms with E-state index in [1.807, 2.05) is 12.1 Å². The fraction of sp³-hybridized carbons (Fsp3) is 0.222. The normalized spacial score (nSPS) is 21.0. The first kappa shape index (κ1) is 8.07. The number of amides is 1. The lowest BCUT2D eigenvalue weighted by molar-refractivity contribution is -0.117. The van der Waals surface area contributed by atoms with Crippen LogP contribution in [0, 0.1) is 0 Å². The van der Waals surface area contributed by atoms with Gasteiger partial charge >= 0.3 is 0 Å². The van der Waals surface area contributed by atoms with E-state index in [2.05, 4.69) is 5.32 Å². The van der Waals surface area contributed by atoms with Gasteiger partial charge in [0.15, 0.2) is 6.23 Å². The first-order chi connectivity index (χ1) is 6.25. The van der Waals surface area contributed by atoms with Crippen LogP contribution in [0.5, 0.6) is 5.75 Å². The van der Waals surface area contributed by atoms with Gasteiger partial charge in [-0.2, -0.15) is 0 Å². The van der Waals surface area contributed by atoms with E-state index in [-0.39, 0.29) is 12.3 Å². The van der Waals surface area contributed by atoms with Crippen LogP contribution in [0.15, 0.2) is 24.3 Å². The Bertz CT molecular complexity index is 338. The SMILES string of the molecule is NC1CC(=O)Nc2ccccc2O1. The van der Waals surface area contributed by atoms with E-state index in [9.17, 15) is 4.79 Å². The molecule has 0 saturated heterocycles. The summed E-state index contributed by atoms with van der Waals surface area (Å²) in [6.45, 7) is 0. The molecule has 68 valence electrons. The van der Waals surface area contributed by atoms with E-state index < -0.39 is 6.23 Å². The van der Waals surface area contributed by atoms with Crippen LogP contribution in [0.1, 0.15) is 6.42 Å². The van der Waals surface area contributed by atoms with Crippen LogP contribution >= 0.6 is 0 Å². The summed E-state index contributed by atoms with van der Waals surface area (Å²) in [6.07, 6.45) is -0.363. The molecule has 4 nitrogen and oxygen atoms in total. The molecule has 1 atom stereocenters. The molecule has 0 saturated carbocycles. The van der Waals surface area contributed by atoms with Crippen LogP contribution in [0.25, 0.3) is 0 Å². The quantitative estimate of drug-likeness (QED) is 0.614. The van der Waals surface area contributed by atoms with Crippen molar-refractivity contribution >= 4 is 11.6 Å². The Morgan fingerprint density at radius 3 is 3.08 bits per heavy atom. The third-order valence-electron chi connectivity index (χ3n) is 1.83. The molecular weight excluding hydrogens is 168 g/mol. The van der Waals surface area contributed by atoms with Gasteiger partial charge in [-0.25, -0.2) is 0 Å². The molecule has 1 aliphatic heterocycles. The average Bonchev–Trinajstić information content (AvgIpc) is 2.20. The number of carbonyl (C=O) groups excluding carboxylic acids is 1. The van der Waals surface area contributed by atoms with E-state index in [1.54, 1.807) is 12.1 Å². The summed E-state index contributed by atoms with van der Waals surface area (Å²) in [6, 6.07) is 7.23. The minimum Gasteiger partial charge on any atom is -0.473 e. The fourth-order valence-electron chi connectivity index (χ4n) is 1.26. The number of benzene rings is 1. The second kappa shape index (κ2) is 3.06. The van der Waals surface area contributed by atoms with Crippen molar-refractivity contribution in [3.05, 3.63) is 24.3 Å². The molecule has 1 aromatic carbocycles. The van der Waals surface area contributed by atoms with E-state index in [0.717, 1.165) is 0 Å². The predicted molar refractivity (Wildman–Crippen MR) is 48.3 cm³/mol. The molecule has 1 amide bonds. The second-order valence-electron chi connectivity index (χ2n) is 2.90. The molecule has 0 aliphatic carbocycles. The van der Waals surface area contributed by atoms with E-state index in [1.165, 1.54) is 0 Å². The monoisotopic (exact) mass is 178 g/mol. The topological polar surface area (TPSA) is 64.4 Å². The summed E-state index contributed by atoms with van der Waals surface area (Å²) in [5.74, 6) is 0.512. The molecule has 0 bridgehead atoms. The van der Waals surface area contributed by atoms with Crippen LogP contribution in [-0.4, -0.2) is 12.1 Å². The Hall–Kier alpha value is -1.55. The van der Waals surface area contributed by atoms with Crippen LogP contribution < -0.4 is 15.8 Å². The summed E-state index contributed by atoms with van der Waals surface area (Å²) in [5, 5.41) is 2.71. The van der Waals surface area contributed by atoms with Gasteiger partial charge in [0, 0.05) is 0 Å². The maximum atomic E-state index is 11.2. The standard InChI is InChI=1S/C9H10N2O2/c10-8-5-9(12)11-6-3-1-2-4-7(6)13-8/h1-4,8H,5,10H2,(H,11,12). The second-order valence-corrected chi connectivity index (χ2v) is 2.90. The maximum absolute atomic E-state index is 11.2. The van der Waals surface area contributed by atoms with Gasteiger partial charge in [-0.15, -0.1) is 0 Å². The average molecular weight is 178 g/mol. The number of anilines is 1. The molecule has 0 aromatic heterocycles. The Labute approximate surface area is 75.7 Å². The summed E-state index contributed by atoms with van der Waals surface area (Å²) < 4.78 is 5.32. The summed E-state index contributed by atoms with van der Waals surface area (Å²) in [5.41, 5.74) is 6.24. The van der Waals surface area contributed by atoms with Crippen LogP contribution in [-0.2, 0) is 4.79 Å². The Morgan fingerprint density at radius 1 is 1.46 bits per heavy atom. The molecule has 0 spiro atoms. The number of hydrogen-bond donors (Lipinski definition) is 2. The number of hydrogen-bond acceptors (Lipinski definition) is 3. The van der Waals surface area contributed by atoms with Gasteiger partial charge in [0.1, 0.15) is 5.75 Å². The summed E-state index contributed by atoms with van der Waals surface area (Å²) in [4.78, 5) is 11.2. The third-order valence-corrected chi connectivity index (χ3v) is 1.83. The van der Waals surface area contributed by atoms with Gasteiger partial charge in [-0.05, 0) is 12.1 Å². The molecule has 0 fully saturated rings. The van der Waals surface area contributed by atoms with E-state index in [0.29, 0.717) is 11.4 Å². The number of ether oxygens (including phenoxy) is 1. The Balaban J connectivity index is 2.38. The van der Waals surface area contributed by atoms with Crippen molar-refractivity contribution in [3.8, 4) is 5.75 Å². The molecule has 3 N–H and O–H groups in total. The number of carbonyl (C=O) groups is 1. The predicted octanol–water partition coefficient (Wildman–Crippen LogP) is 0.692. The number of rotatable bonds is 0.